The first kappa shape index (κ1) is 16.5. The minimum Gasteiger partial charge on any atom is -0.383 e. The Labute approximate surface area is 137 Å². The molecular formula is C13H15Cl2N5O2. The van der Waals surface area contributed by atoms with Crippen molar-refractivity contribution >= 4 is 35.1 Å². The summed E-state index contributed by atoms with van der Waals surface area (Å²) in [5, 5.41) is 10.1. The molecule has 0 aliphatic rings. The maximum Gasteiger partial charge on any atom is 0.320 e. The van der Waals surface area contributed by atoms with Crippen molar-refractivity contribution in [2.24, 2.45) is 0 Å². The predicted octanol–water partition coefficient (Wildman–Crippen LogP) is 2.55. The first-order valence-corrected chi connectivity index (χ1v) is 7.20. The van der Waals surface area contributed by atoms with Gasteiger partial charge in [0.25, 0.3) is 0 Å². The lowest BCUT2D eigenvalue weighted by Gasteiger charge is -2.06. The molecule has 9 heteroatoms. The third-order valence-electron chi connectivity index (χ3n) is 2.71. The van der Waals surface area contributed by atoms with Gasteiger partial charge in [-0.1, -0.05) is 23.2 Å². The predicted molar refractivity (Wildman–Crippen MR) is 84.2 cm³/mol. The fourth-order valence-corrected chi connectivity index (χ4v) is 1.89. The van der Waals surface area contributed by atoms with Crippen LogP contribution in [0.5, 0.6) is 0 Å². The van der Waals surface area contributed by atoms with Gasteiger partial charge in [-0.2, -0.15) is 5.10 Å². The van der Waals surface area contributed by atoms with Gasteiger partial charge in [0.2, 0.25) is 0 Å². The highest BCUT2D eigenvalue weighted by atomic mass is 35.5. The maximum atomic E-state index is 11.8. The Morgan fingerprint density at radius 1 is 1.36 bits per heavy atom. The smallest absolute Gasteiger partial charge is 0.320 e. The van der Waals surface area contributed by atoms with Crippen molar-refractivity contribution in [2.75, 3.05) is 19.0 Å². The van der Waals surface area contributed by atoms with Crippen molar-refractivity contribution in [3.63, 3.8) is 0 Å². The number of urea groups is 1. The highest BCUT2D eigenvalue weighted by Gasteiger charge is 2.06. The summed E-state index contributed by atoms with van der Waals surface area (Å²) in [6.45, 7) is 1.59. The maximum absolute atomic E-state index is 11.8. The van der Waals surface area contributed by atoms with Crippen LogP contribution in [-0.2, 0) is 17.8 Å². The lowest BCUT2D eigenvalue weighted by Crippen LogP contribution is -2.28. The Kier molecular flexibility index (Phi) is 6.00. The molecule has 2 aromatic rings. The van der Waals surface area contributed by atoms with Crippen molar-refractivity contribution in [2.45, 2.75) is 13.1 Å². The molecule has 0 saturated heterocycles. The van der Waals surface area contributed by atoms with Crippen LogP contribution in [0.4, 0.5) is 10.6 Å². The van der Waals surface area contributed by atoms with Gasteiger partial charge < -0.3 is 10.1 Å². The molecule has 2 N–H and O–H groups in total. The van der Waals surface area contributed by atoms with Crippen LogP contribution in [0, 0.1) is 0 Å². The quantitative estimate of drug-likeness (QED) is 0.844. The number of pyridine rings is 1. The molecule has 0 aromatic carbocycles. The summed E-state index contributed by atoms with van der Waals surface area (Å²) >= 11 is 11.6. The number of amides is 2. The fourth-order valence-electron chi connectivity index (χ4n) is 1.63. The van der Waals surface area contributed by atoms with Crippen molar-refractivity contribution in [3.05, 3.63) is 40.3 Å². The molecule has 0 spiro atoms. The number of nitrogens with zero attached hydrogens (tertiary/aromatic N) is 3. The lowest BCUT2D eigenvalue weighted by molar-refractivity contribution is 0.183. The van der Waals surface area contributed by atoms with Crippen molar-refractivity contribution in [1.82, 2.24) is 20.1 Å². The number of carbonyl (C=O) groups is 1. The van der Waals surface area contributed by atoms with E-state index in [9.17, 15) is 4.79 Å². The third-order valence-corrected chi connectivity index (χ3v) is 3.43. The molecule has 118 valence electrons. The van der Waals surface area contributed by atoms with Gasteiger partial charge >= 0.3 is 6.03 Å². The zero-order valence-corrected chi connectivity index (χ0v) is 13.4. The van der Waals surface area contributed by atoms with E-state index in [4.69, 9.17) is 27.9 Å². The number of carbonyl (C=O) groups excluding carboxylic acids is 1. The Balaban J connectivity index is 1.82. The van der Waals surface area contributed by atoms with E-state index >= 15 is 0 Å². The SMILES string of the molecule is COCCn1cc(CNC(=O)Nc2cc(Cl)c(Cl)cn2)cn1. The average Bonchev–Trinajstić information content (AvgIpc) is 2.95. The van der Waals surface area contributed by atoms with E-state index in [1.807, 2.05) is 6.20 Å². The number of rotatable bonds is 6. The summed E-state index contributed by atoms with van der Waals surface area (Å²) in [6, 6.07) is 1.09. The number of hydrogen-bond donors (Lipinski definition) is 2. The van der Waals surface area contributed by atoms with Crippen LogP contribution in [0.25, 0.3) is 0 Å². The van der Waals surface area contributed by atoms with E-state index in [1.54, 1.807) is 18.0 Å². The molecule has 7 nitrogen and oxygen atoms in total. The molecule has 22 heavy (non-hydrogen) atoms. The molecule has 0 bridgehead atoms. The first-order chi connectivity index (χ1) is 10.6. The molecule has 0 atom stereocenters. The van der Waals surface area contributed by atoms with Gasteiger partial charge in [-0.05, 0) is 0 Å². The Morgan fingerprint density at radius 3 is 2.91 bits per heavy atom. The molecule has 0 aliphatic carbocycles. The van der Waals surface area contributed by atoms with E-state index < -0.39 is 6.03 Å². The van der Waals surface area contributed by atoms with Gasteiger partial charge in [0, 0.05) is 37.7 Å². The molecule has 2 aromatic heterocycles. The summed E-state index contributed by atoms with van der Waals surface area (Å²) in [7, 11) is 1.63. The minimum absolute atomic E-state index is 0.322. The topological polar surface area (TPSA) is 81.1 Å². The Hall–Kier alpha value is -1.83. The number of nitrogens with one attached hydrogen (secondary N) is 2. The number of anilines is 1. The average molecular weight is 344 g/mol. The lowest BCUT2D eigenvalue weighted by atomic mass is 10.3. The summed E-state index contributed by atoms with van der Waals surface area (Å²) in [5.74, 6) is 0.322. The van der Waals surface area contributed by atoms with E-state index in [1.165, 1.54) is 12.3 Å². The molecule has 0 aliphatic heterocycles. The standard InChI is InChI=1S/C13H15Cl2N5O2/c1-22-3-2-20-8-9(6-18-20)5-17-13(21)19-12-4-10(14)11(15)7-16-12/h4,6-8H,2-3,5H2,1H3,(H2,16,17,19,21). The van der Waals surface area contributed by atoms with Crippen molar-refractivity contribution in [3.8, 4) is 0 Å². The summed E-state index contributed by atoms with van der Waals surface area (Å²) in [6.07, 6.45) is 4.91. The second-order valence-electron chi connectivity index (χ2n) is 4.40. The largest absolute Gasteiger partial charge is 0.383 e. The van der Waals surface area contributed by atoms with Crippen LogP contribution in [0.3, 0.4) is 0 Å². The van der Waals surface area contributed by atoms with Gasteiger partial charge in [0.15, 0.2) is 0 Å². The molecule has 2 amide bonds. The molecule has 2 heterocycles. The Bertz CT molecular complexity index is 647. The zero-order valence-electron chi connectivity index (χ0n) is 11.8. The second-order valence-corrected chi connectivity index (χ2v) is 5.21. The van der Waals surface area contributed by atoms with E-state index in [0.717, 1.165) is 5.56 Å². The Morgan fingerprint density at radius 2 is 2.18 bits per heavy atom. The van der Waals surface area contributed by atoms with Crippen LogP contribution >= 0.6 is 23.2 Å². The highest BCUT2D eigenvalue weighted by Crippen LogP contribution is 2.22. The van der Waals surface area contributed by atoms with Crippen molar-refractivity contribution < 1.29 is 9.53 Å². The summed E-state index contributed by atoms with van der Waals surface area (Å²) in [4.78, 5) is 15.7. The number of aromatic nitrogens is 3. The highest BCUT2D eigenvalue weighted by molar-refractivity contribution is 6.42. The number of halogens is 2. The van der Waals surface area contributed by atoms with Crippen LogP contribution in [0.1, 0.15) is 5.56 Å². The first-order valence-electron chi connectivity index (χ1n) is 6.44. The van der Waals surface area contributed by atoms with Gasteiger partial charge in [-0.15, -0.1) is 0 Å². The molecular weight excluding hydrogens is 329 g/mol. The molecule has 2 rings (SSSR count). The van der Waals surface area contributed by atoms with E-state index in [-0.39, 0.29) is 0 Å². The van der Waals surface area contributed by atoms with Crippen molar-refractivity contribution in [1.29, 1.82) is 0 Å². The van der Waals surface area contributed by atoms with Gasteiger partial charge in [0.05, 0.1) is 29.4 Å². The van der Waals surface area contributed by atoms with Gasteiger partial charge in [-0.3, -0.25) is 10.00 Å². The second kappa shape index (κ2) is 7.98. The molecule has 0 saturated carbocycles. The molecule has 0 unspecified atom stereocenters. The normalized spacial score (nSPS) is 10.5. The van der Waals surface area contributed by atoms with Crippen LogP contribution in [-0.4, -0.2) is 34.5 Å². The van der Waals surface area contributed by atoms with Crippen LogP contribution in [0.15, 0.2) is 24.7 Å². The van der Waals surface area contributed by atoms with E-state index in [0.29, 0.717) is 35.6 Å². The number of hydrogen-bond acceptors (Lipinski definition) is 4. The number of methoxy groups -OCH3 is 1. The summed E-state index contributed by atoms with van der Waals surface area (Å²) in [5.41, 5.74) is 0.883. The number of ether oxygens (including phenoxy) is 1. The van der Waals surface area contributed by atoms with Gasteiger partial charge in [-0.25, -0.2) is 9.78 Å². The minimum atomic E-state index is -0.393. The third kappa shape index (κ3) is 4.87. The fraction of sp³-hybridized carbons (Fsp3) is 0.308. The van der Waals surface area contributed by atoms with Crippen LogP contribution in [0.2, 0.25) is 10.0 Å². The van der Waals surface area contributed by atoms with Gasteiger partial charge in [0.1, 0.15) is 5.82 Å². The summed E-state index contributed by atoms with van der Waals surface area (Å²) < 4.78 is 6.72. The van der Waals surface area contributed by atoms with Crippen LogP contribution < -0.4 is 10.6 Å². The van der Waals surface area contributed by atoms with E-state index in [2.05, 4.69) is 20.7 Å². The monoisotopic (exact) mass is 343 g/mol. The molecule has 0 fully saturated rings. The zero-order chi connectivity index (χ0) is 15.9. The molecule has 0 radical (unpaired) electrons.